The summed E-state index contributed by atoms with van der Waals surface area (Å²) < 4.78 is 4.87. The molecule has 0 aliphatic heterocycles. The van der Waals surface area contributed by atoms with Crippen LogP contribution in [0.5, 0.6) is 0 Å². The second-order valence-corrected chi connectivity index (χ2v) is 2.12. The van der Waals surface area contributed by atoms with Gasteiger partial charge in [-0.3, -0.25) is 0 Å². The van der Waals surface area contributed by atoms with Crippen LogP contribution >= 0.6 is 0 Å². The fraction of sp³-hybridized carbons (Fsp3) is 0.750. The van der Waals surface area contributed by atoms with Gasteiger partial charge < -0.3 is 9.84 Å². The Balaban J connectivity index is 2.88. The van der Waals surface area contributed by atoms with Crippen molar-refractivity contribution < 1.29 is 9.84 Å². The Morgan fingerprint density at radius 2 is 2.00 bits per heavy atom. The third-order valence-corrected chi connectivity index (χ3v) is 1.18. The molecular weight excluding hydrogens is 128 g/mol. The minimum absolute atomic E-state index is 0.251. The summed E-state index contributed by atoms with van der Waals surface area (Å²) in [4.78, 5) is 0. The van der Waals surface area contributed by atoms with Crippen LogP contribution in [0.3, 0.4) is 0 Å². The van der Waals surface area contributed by atoms with Crippen LogP contribution in [0.1, 0.15) is 19.3 Å². The molecule has 0 heterocycles. The summed E-state index contributed by atoms with van der Waals surface area (Å²) in [6.45, 7) is 1.07. The van der Waals surface area contributed by atoms with Crippen molar-refractivity contribution in [3.05, 3.63) is 12.2 Å². The Kier molecular flexibility index (Phi) is 8.37. The van der Waals surface area contributed by atoms with Crippen molar-refractivity contribution in [3.63, 3.8) is 0 Å². The van der Waals surface area contributed by atoms with Gasteiger partial charge >= 0.3 is 0 Å². The van der Waals surface area contributed by atoms with Gasteiger partial charge in [0.2, 0.25) is 0 Å². The number of hydrogen-bond acceptors (Lipinski definition) is 2. The van der Waals surface area contributed by atoms with E-state index in [1.54, 1.807) is 7.11 Å². The Labute approximate surface area is 62.5 Å². The van der Waals surface area contributed by atoms with Crippen molar-refractivity contribution in [1.82, 2.24) is 0 Å². The van der Waals surface area contributed by atoms with E-state index in [-0.39, 0.29) is 6.61 Å². The van der Waals surface area contributed by atoms with Crippen molar-refractivity contribution in [2.75, 3.05) is 20.3 Å². The largest absolute Gasteiger partial charge is 0.396 e. The fourth-order valence-corrected chi connectivity index (χ4v) is 0.656. The maximum absolute atomic E-state index is 8.39. The topological polar surface area (TPSA) is 29.5 Å². The van der Waals surface area contributed by atoms with Crippen molar-refractivity contribution in [3.8, 4) is 0 Å². The van der Waals surface area contributed by atoms with Gasteiger partial charge in [0.1, 0.15) is 0 Å². The highest BCUT2D eigenvalue weighted by atomic mass is 16.5. The van der Waals surface area contributed by atoms with E-state index < -0.39 is 0 Å². The first-order valence-corrected chi connectivity index (χ1v) is 3.66. The van der Waals surface area contributed by atoms with E-state index in [2.05, 4.69) is 6.08 Å². The molecule has 0 atom stereocenters. The first-order chi connectivity index (χ1) is 4.91. The van der Waals surface area contributed by atoms with E-state index in [0.29, 0.717) is 0 Å². The lowest BCUT2D eigenvalue weighted by Gasteiger charge is -1.92. The number of unbranched alkanes of at least 4 members (excludes halogenated alkanes) is 1. The van der Waals surface area contributed by atoms with Crippen LogP contribution in [-0.4, -0.2) is 25.4 Å². The molecule has 0 amide bonds. The molecule has 0 aromatic heterocycles. The quantitative estimate of drug-likeness (QED) is 0.450. The third kappa shape index (κ3) is 7.66. The van der Waals surface area contributed by atoms with Crippen molar-refractivity contribution in [2.45, 2.75) is 19.3 Å². The molecule has 0 aromatic rings. The van der Waals surface area contributed by atoms with Gasteiger partial charge in [-0.2, -0.15) is 0 Å². The van der Waals surface area contributed by atoms with Gasteiger partial charge in [-0.1, -0.05) is 12.2 Å². The van der Waals surface area contributed by atoms with Gasteiger partial charge in [-0.05, 0) is 19.3 Å². The second-order valence-electron chi connectivity index (χ2n) is 2.12. The maximum Gasteiger partial charge on any atom is 0.0465 e. The lowest BCUT2D eigenvalue weighted by Crippen LogP contribution is -1.85. The molecule has 0 aliphatic carbocycles. The van der Waals surface area contributed by atoms with Gasteiger partial charge in [0.25, 0.3) is 0 Å². The SMILES string of the molecule is COCCC/C=C\CCO. The minimum Gasteiger partial charge on any atom is -0.396 e. The molecule has 0 aliphatic rings. The third-order valence-electron chi connectivity index (χ3n) is 1.18. The molecule has 2 heteroatoms. The molecule has 0 unspecified atom stereocenters. The maximum atomic E-state index is 8.39. The molecule has 0 saturated heterocycles. The van der Waals surface area contributed by atoms with Crippen LogP contribution in [0.15, 0.2) is 12.2 Å². The van der Waals surface area contributed by atoms with E-state index >= 15 is 0 Å². The molecule has 2 nitrogen and oxygen atoms in total. The first kappa shape index (κ1) is 9.66. The number of methoxy groups -OCH3 is 1. The van der Waals surface area contributed by atoms with Crippen molar-refractivity contribution in [1.29, 1.82) is 0 Å². The molecular formula is C8H16O2. The van der Waals surface area contributed by atoms with Crippen LogP contribution in [0.2, 0.25) is 0 Å². The van der Waals surface area contributed by atoms with Crippen LogP contribution in [-0.2, 0) is 4.74 Å². The summed E-state index contributed by atoms with van der Waals surface area (Å²) in [5.41, 5.74) is 0. The van der Waals surface area contributed by atoms with Gasteiger partial charge in [0, 0.05) is 20.3 Å². The van der Waals surface area contributed by atoms with Crippen LogP contribution < -0.4 is 0 Å². The van der Waals surface area contributed by atoms with Crippen molar-refractivity contribution >= 4 is 0 Å². The van der Waals surface area contributed by atoms with Gasteiger partial charge in [-0.15, -0.1) is 0 Å². The standard InChI is InChI=1S/C8H16O2/c1-10-8-6-4-2-3-5-7-9/h2-3,9H,4-8H2,1H3/b3-2-. The van der Waals surface area contributed by atoms with Gasteiger partial charge in [0.05, 0.1) is 0 Å². The Morgan fingerprint density at radius 1 is 1.30 bits per heavy atom. The zero-order valence-corrected chi connectivity index (χ0v) is 6.55. The van der Waals surface area contributed by atoms with E-state index in [4.69, 9.17) is 9.84 Å². The lowest BCUT2D eigenvalue weighted by molar-refractivity contribution is 0.196. The number of aliphatic hydroxyl groups is 1. The number of ether oxygens (including phenoxy) is 1. The number of allylic oxidation sites excluding steroid dienone is 1. The van der Waals surface area contributed by atoms with E-state index in [0.717, 1.165) is 25.9 Å². The smallest absolute Gasteiger partial charge is 0.0465 e. The highest BCUT2D eigenvalue weighted by Gasteiger charge is 1.80. The minimum atomic E-state index is 0.251. The zero-order chi connectivity index (χ0) is 7.66. The predicted octanol–water partition coefficient (Wildman–Crippen LogP) is 1.35. The van der Waals surface area contributed by atoms with E-state index in [1.165, 1.54) is 0 Å². The van der Waals surface area contributed by atoms with Gasteiger partial charge in [-0.25, -0.2) is 0 Å². The normalized spacial score (nSPS) is 11.0. The summed E-state index contributed by atoms with van der Waals surface area (Å²) in [5.74, 6) is 0. The highest BCUT2D eigenvalue weighted by Crippen LogP contribution is 1.92. The molecule has 0 bridgehead atoms. The van der Waals surface area contributed by atoms with E-state index in [9.17, 15) is 0 Å². The van der Waals surface area contributed by atoms with Crippen LogP contribution in [0, 0.1) is 0 Å². The van der Waals surface area contributed by atoms with Gasteiger partial charge in [0.15, 0.2) is 0 Å². The van der Waals surface area contributed by atoms with Crippen molar-refractivity contribution in [2.24, 2.45) is 0 Å². The molecule has 0 radical (unpaired) electrons. The Hall–Kier alpha value is -0.340. The molecule has 0 aromatic carbocycles. The monoisotopic (exact) mass is 144 g/mol. The van der Waals surface area contributed by atoms with Crippen LogP contribution in [0.25, 0.3) is 0 Å². The fourth-order valence-electron chi connectivity index (χ4n) is 0.656. The summed E-state index contributed by atoms with van der Waals surface area (Å²) in [6, 6.07) is 0. The molecule has 0 saturated carbocycles. The Bertz CT molecular complexity index is 79.3. The second kappa shape index (κ2) is 8.66. The van der Waals surface area contributed by atoms with E-state index in [1.807, 2.05) is 6.08 Å². The Morgan fingerprint density at radius 3 is 2.60 bits per heavy atom. The summed E-state index contributed by atoms with van der Waals surface area (Å²) >= 11 is 0. The first-order valence-electron chi connectivity index (χ1n) is 3.66. The molecule has 0 rings (SSSR count). The zero-order valence-electron chi connectivity index (χ0n) is 6.55. The molecule has 10 heavy (non-hydrogen) atoms. The number of hydrogen-bond donors (Lipinski definition) is 1. The molecule has 1 N–H and O–H groups in total. The highest BCUT2D eigenvalue weighted by molar-refractivity contribution is 4.80. The van der Waals surface area contributed by atoms with Crippen LogP contribution in [0.4, 0.5) is 0 Å². The number of rotatable bonds is 6. The molecule has 0 spiro atoms. The lowest BCUT2D eigenvalue weighted by atomic mass is 10.3. The average molecular weight is 144 g/mol. The summed E-state index contributed by atoms with van der Waals surface area (Å²) in [7, 11) is 1.71. The molecule has 60 valence electrons. The summed E-state index contributed by atoms with van der Waals surface area (Å²) in [6.07, 6.45) is 6.96. The summed E-state index contributed by atoms with van der Waals surface area (Å²) in [5, 5.41) is 8.39. The molecule has 0 fully saturated rings. The predicted molar refractivity (Wildman–Crippen MR) is 42.0 cm³/mol. The number of aliphatic hydroxyl groups excluding tert-OH is 1. The average Bonchev–Trinajstić information content (AvgIpc) is 1.97.